The van der Waals surface area contributed by atoms with Crippen molar-refractivity contribution in [3.63, 3.8) is 0 Å². The van der Waals surface area contributed by atoms with E-state index in [0.717, 1.165) is 58.0 Å². The molecule has 6 rings (SSSR count). The van der Waals surface area contributed by atoms with Crippen LogP contribution in [-0.2, 0) is 41.4 Å². The highest BCUT2D eigenvalue weighted by Gasteiger charge is 2.17. The standard InChI is InChI=1S/C36H40N6O6.C8H14O4/c1-5-7-8-9-26-17-28(19-34(36(26)44)42-38-30-13-11-24(4)15-32(30)40-42)48-22-46-20-45-21-47-27-16-25(6-2)35(43)33(18-27)41-37-29-12-10-23(3)14-31(29)39-41;1-7(9)5-11-3-4-12-6-8(2)10/h10-19,43-44H,5-9,20-22H2,1-4H3;3-6H2,1-2H3. The van der Waals surface area contributed by atoms with E-state index in [4.69, 9.17) is 28.4 Å². The number of fused-ring (bicyclic) bond motifs is 2. The van der Waals surface area contributed by atoms with Gasteiger partial charge in [0.05, 0.1) is 13.2 Å². The molecule has 2 N–H and O–H groups in total. The number of hydrogen-bond donors (Lipinski definition) is 2. The highest BCUT2D eigenvalue weighted by atomic mass is 16.8. The first-order valence-electron chi connectivity index (χ1n) is 19.9. The van der Waals surface area contributed by atoms with Gasteiger partial charge in [-0.25, -0.2) is 0 Å². The Morgan fingerprint density at radius 3 is 1.52 bits per heavy atom. The second-order valence-corrected chi connectivity index (χ2v) is 14.2. The minimum atomic E-state index is -0.0932. The Bertz CT molecular complexity index is 2340. The number of aryl methyl sites for hydroxylation is 4. The van der Waals surface area contributed by atoms with Crippen LogP contribution in [0.15, 0.2) is 60.7 Å². The molecule has 16 nitrogen and oxygen atoms in total. The fourth-order valence-corrected chi connectivity index (χ4v) is 5.96. The largest absolute Gasteiger partial charge is 0.505 e. The Hall–Kier alpha value is -5.94. The molecule has 0 radical (unpaired) electrons. The van der Waals surface area contributed by atoms with Crippen molar-refractivity contribution < 1.29 is 48.2 Å². The molecule has 0 aliphatic carbocycles. The van der Waals surface area contributed by atoms with E-state index in [-0.39, 0.29) is 56.7 Å². The van der Waals surface area contributed by atoms with E-state index in [1.807, 2.05) is 63.2 Å². The highest BCUT2D eigenvalue weighted by molar-refractivity contribution is 5.77. The maximum atomic E-state index is 11.1. The molecule has 0 bridgehead atoms. The molecule has 0 unspecified atom stereocenters. The molecule has 0 fully saturated rings. The van der Waals surface area contributed by atoms with Gasteiger partial charge in [-0.05, 0) is 106 Å². The Balaban J connectivity index is 0.000000496. The molecule has 2 aromatic heterocycles. The van der Waals surface area contributed by atoms with Gasteiger partial charge in [-0.2, -0.15) is 0 Å². The predicted molar refractivity (Wildman–Crippen MR) is 224 cm³/mol. The van der Waals surface area contributed by atoms with Crippen molar-refractivity contribution >= 4 is 33.6 Å². The third-order valence-corrected chi connectivity index (χ3v) is 8.98. The lowest BCUT2D eigenvalue weighted by Crippen LogP contribution is -2.12. The number of phenols is 2. The van der Waals surface area contributed by atoms with Gasteiger partial charge in [0, 0.05) is 12.1 Å². The molecule has 0 atom stereocenters. The van der Waals surface area contributed by atoms with Crippen LogP contribution in [0.2, 0.25) is 0 Å². The van der Waals surface area contributed by atoms with Crippen LogP contribution >= 0.6 is 0 Å². The highest BCUT2D eigenvalue weighted by Crippen LogP contribution is 2.34. The number of nitrogens with zero attached hydrogens (tertiary/aromatic N) is 6. The number of ketones is 2. The molecule has 4 aromatic carbocycles. The van der Waals surface area contributed by atoms with Crippen molar-refractivity contribution in [1.29, 1.82) is 0 Å². The van der Waals surface area contributed by atoms with Crippen LogP contribution in [0.25, 0.3) is 33.4 Å². The van der Waals surface area contributed by atoms with E-state index in [2.05, 4.69) is 27.3 Å². The summed E-state index contributed by atoms with van der Waals surface area (Å²) in [6.07, 6.45) is 4.33. The molecule has 60 heavy (non-hydrogen) atoms. The summed E-state index contributed by atoms with van der Waals surface area (Å²) in [4.78, 5) is 23.6. The minimum absolute atomic E-state index is 0.0124. The van der Waals surface area contributed by atoms with Gasteiger partial charge < -0.3 is 38.6 Å². The van der Waals surface area contributed by atoms with Gasteiger partial charge in [-0.1, -0.05) is 38.8 Å². The summed E-state index contributed by atoms with van der Waals surface area (Å²) in [5.41, 5.74) is 7.39. The molecular weight excluding hydrogens is 773 g/mol. The predicted octanol–water partition coefficient (Wildman–Crippen LogP) is 7.04. The summed E-state index contributed by atoms with van der Waals surface area (Å²) in [5, 5.41) is 40.2. The topological polar surface area (TPSA) is 191 Å². The number of aromatic hydroxyl groups is 2. The zero-order valence-corrected chi connectivity index (χ0v) is 35.1. The van der Waals surface area contributed by atoms with Crippen LogP contribution in [-0.4, -0.2) is 98.6 Å². The van der Waals surface area contributed by atoms with Crippen LogP contribution in [0.5, 0.6) is 23.0 Å². The fraction of sp³-hybridized carbons (Fsp3) is 0.409. The van der Waals surface area contributed by atoms with Gasteiger partial charge >= 0.3 is 0 Å². The third kappa shape index (κ3) is 13.0. The molecule has 0 saturated carbocycles. The van der Waals surface area contributed by atoms with Crippen LogP contribution in [0.3, 0.4) is 0 Å². The number of benzene rings is 4. The first-order valence-corrected chi connectivity index (χ1v) is 19.9. The van der Waals surface area contributed by atoms with Gasteiger partial charge in [0.2, 0.25) is 0 Å². The first-order chi connectivity index (χ1) is 28.9. The lowest BCUT2D eigenvalue weighted by molar-refractivity contribution is -0.130. The number of ether oxygens (including phenoxy) is 6. The molecular formula is C44H54N6O10. The second-order valence-electron chi connectivity index (χ2n) is 14.2. The Labute approximate surface area is 348 Å². The summed E-state index contributed by atoms with van der Waals surface area (Å²) in [5.74, 6) is 1.22. The van der Waals surface area contributed by atoms with Crippen molar-refractivity contribution in [2.45, 2.75) is 73.6 Å². The van der Waals surface area contributed by atoms with Crippen molar-refractivity contribution in [1.82, 2.24) is 30.0 Å². The van der Waals surface area contributed by atoms with Crippen molar-refractivity contribution in [2.24, 2.45) is 0 Å². The smallest absolute Gasteiger partial charge is 0.191 e. The SMILES string of the molecule is CC(=O)COCCOCC(C)=O.CCCCCc1cc(OCOCOCOc2cc(CC)c(O)c(-n3nc4ccc(C)cc4n3)c2)cc(-n2nc3ccc(C)cc3n2)c1O. The van der Waals surface area contributed by atoms with E-state index in [0.29, 0.717) is 54.5 Å². The van der Waals surface area contributed by atoms with Crippen LogP contribution in [0.4, 0.5) is 0 Å². The fourth-order valence-electron chi connectivity index (χ4n) is 5.96. The number of phenolic OH excluding ortho intramolecular Hbond substituents is 2. The summed E-state index contributed by atoms with van der Waals surface area (Å²) >= 11 is 0. The first kappa shape index (κ1) is 45.1. The molecule has 16 heteroatoms. The molecule has 2 heterocycles. The average Bonchev–Trinajstić information content (AvgIpc) is 3.84. The lowest BCUT2D eigenvalue weighted by Gasteiger charge is -2.14. The van der Waals surface area contributed by atoms with E-state index in [9.17, 15) is 19.8 Å². The summed E-state index contributed by atoms with van der Waals surface area (Å²) in [7, 11) is 0. The molecule has 0 saturated heterocycles. The van der Waals surface area contributed by atoms with Crippen molar-refractivity contribution in [3.8, 4) is 34.4 Å². The minimum Gasteiger partial charge on any atom is -0.505 e. The average molecular weight is 827 g/mol. The molecule has 0 aliphatic heterocycles. The third-order valence-electron chi connectivity index (χ3n) is 8.98. The van der Waals surface area contributed by atoms with Crippen LogP contribution < -0.4 is 9.47 Å². The Morgan fingerprint density at radius 1 is 0.583 bits per heavy atom. The van der Waals surface area contributed by atoms with E-state index in [1.165, 1.54) is 23.4 Å². The van der Waals surface area contributed by atoms with Gasteiger partial charge in [0.15, 0.2) is 31.9 Å². The van der Waals surface area contributed by atoms with E-state index >= 15 is 0 Å². The number of Topliss-reactive ketones (excluding diaryl/α,β-unsaturated/α-hetero) is 2. The van der Waals surface area contributed by atoms with Crippen molar-refractivity contribution in [3.05, 3.63) is 82.9 Å². The molecule has 0 amide bonds. The van der Waals surface area contributed by atoms with Crippen LogP contribution in [0, 0.1) is 13.8 Å². The summed E-state index contributed by atoms with van der Waals surface area (Å²) in [6.45, 7) is 11.7. The Kier molecular flexibility index (Phi) is 16.9. The molecule has 0 spiro atoms. The van der Waals surface area contributed by atoms with Crippen LogP contribution in [0.1, 0.15) is 69.2 Å². The second kappa shape index (κ2) is 22.4. The van der Waals surface area contributed by atoms with Gasteiger partial charge in [0.25, 0.3) is 0 Å². The van der Waals surface area contributed by atoms with Gasteiger partial charge in [0.1, 0.15) is 69.7 Å². The van der Waals surface area contributed by atoms with E-state index in [1.54, 1.807) is 18.2 Å². The van der Waals surface area contributed by atoms with Gasteiger partial charge in [-0.15, -0.1) is 30.0 Å². The zero-order valence-electron chi connectivity index (χ0n) is 35.1. The molecule has 0 aliphatic rings. The lowest BCUT2D eigenvalue weighted by atomic mass is 10.0. The maximum absolute atomic E-state index is 11.1. The number of hydrogen-bond acceptors (Lipinski definition) is 14. The van der Waals surface area contributed by atoms with Crippen molar-refractivity contribution in [2.75, 3.05) is 46.8 Å². The van der Waals surface area contributed by atoms with E-state index < -0.39 is 0 Å². The Morgan fingerprint density at radius 2 is 1.05 bits per heavy atom. The number of aromatic nitrogens is 6. The maximum Gasteiger partial charge on any atom is 0.191 e. The quantitative estimate of drug-likeness (QED) is 0.0523. The number of carbonyl (C=O) groups excluding carboxylic acids is 2. The zero-order chi connectivity index (χ0) is 43.0. The van der Waals surface area contributed by atoms with Gasteiger partial charge in [-0.3, -0.25) is 9.59 Å². The number of unbranched alkanes of at least 4 members (excludes halogenated alkanes) is 2. The summed E-state index contributed by atoms with van der Waals surface area (Å²) in [6, 6.07) is 18.6. The normalized spacial score (nSPS) is 11.2. The number of carbonyl (C=O) groups is 2. The molecule has 6 aromatic rings. The monoisotopic (exact) mass is 826 g/mol. The number of rotatable bonds is 22. The summed E-state index contributed by atoms with van der Waals surface area (Å²) < 4.78 is 32.6. The molecule has 320 valence electrons.